The molecule has 1 heterocycles. The third kappa shape index (κ3) is 5.31. The molecule has 142 valence electrons. The zero-order chi connectivity index (χ0) is 19.1. The lowest BCUT2D eigenvalue weighted by atomic mass is 10.2. The molecule has 1 aromatic heterocycles. The lowest BCUT2D eigenvalue weighted by Crippen LogP contribution is -2.35. The zero-order valence-corrected chi connectivity index (χ0v) is 16.2. The van der Waals surface area contributed by atoms with Crippen LogP contribution in [0.2, 0.25) is 0 Å². The first kappa shape index (κ1) is 19.9. The Bertz CT molecular complexity index is 751. The predicted octanol–water partition coefficient (Wildman–Crippen LogP) is 2.66. The summed E-state index contributed by atoms with van der Waals surface area (Å²) in [5.74, 6) is 0.927. The second kappa shape index (κ2) is 9.36. The summed E-state index contributed by atoms with van der Waals surface area (Å²) in [5, 5.41) is 5.93. The number of nitrogens with one attached hydrogen (secondary N) is 2. The fourth-order valence-electron chi connectivity index (χ4n) is 2.72. The van der Waals surface area contributed by atoms with Gasteiger partial charge in [-0.25, -0.2) is 4.98 Å². The maximum atomic E-state index is 12.4. The van der Waals surface area contributed by atoms with Crippen molar-refractivity contribution >= 4 is 22.8 Å². The summed E-state index contributed by atoms with van der Waals surface area (Å²) in [6.07, 6.45) is 2.40. The van der Waals surface area contributed by atoms with Gasteiger partial charge in [-0.05, 0) is 31.9 Å². The average molecular weight is 358 g/mol. The van der Waals surface area contributed by atoms with E-state index >= 15 is 0 Å². The van der Waals surface area contributed by atoms with Gasteiger partial charge in [-0.1, -0.05) is 32.9 Å². The number of aryl methyl sites for hydroxylation is 1. The number of aromatic nitrogens is 2. The summed E-state index contributed by atoms with van der Waals surface area (Å²) in [6.45, 7) is 8.68. The Morgan fingerprint density at radius 1 is 1.19 bits per heavy atom. The zero-order valence-electron chi connectivity index (χ0n) is 16.2. The molecule has 0 spiro atoms. The van der Waals surface area contributed by atoms with E-state index in [4.69, 9.17) is 0 Å². The van der Waals surface area contributed by atoms with Crippen LogP contribution in [0.3, 0.4) is 0 Å². The van der Waals surface area contributed by atoms with Crippen molar-refractivity contribution in [2.45, 2.75) is 59.5 Å². The number of carbonyl (C=O) groups excluding carboxylic acids is 2. The molecule has 0 aliphatic rings. The number of benzene rings is 1. The van der Waals surface area contributed by atoms with Crippen LogP contribution >= 0.6 is 0 Å². The summed E-state index contributed by atoms with van der Waals surface area (Å²) in [4.78, 5) is 28.7. The van der Waals surface area contributed by atoms with Crippen LogP contribution in [0.5, 0.6) is 0 Å². The van der Waals surface area contributed by atoms with Gasteiger partial charge in [0.15, 0.2) is 0 Å². The molecule has 2 N–H and O–H groups in total. The highest BCUT2D eigenvalue weighted by molar-refractivity contribution is 5.81. The van der Waals surface area contributed by atoms with Gasteiger partial charge in [-0.15, -0.1) is 0 Å². The van der Waals surface area contributed by atoms with Crippen LogP contribution in [0.25, 0.3) is 11.0 Å². The maximum Gasteiger partial charge on any atom is 0.240 e. The quantitative estimate of drug-likeness (QED) is 0.677. The molecule has 1 unspecified atom stereocenters. The minimum atomic E-state index is -0.0103. The van der Waals surface area contributed by atoms with E-state index in [0.29, 0.717) is 13.0 Å². The van der Waals surface area contributed by atoms with E-state index in [1.165, 1.54) is 0 Å². The van der Waals surface area contributed by atoms with E-state index < -0.39 is 0 Å². The second-order valence-corrected chi connectivity index (χ2v) is 7.03. The molecule has 0 fully saturated rings. The number of nitrogens with zero attached hydrogens (tertiary/aromatic N) is 2. The Morgan fingerprint density at radius 3 is 2.62 bits per heavy atom. The monoisotopic (exact) mass is 358 g/mol. The lowest BCUT2D eigenvalue weighted by molar-refractivity contribution is -0.124. The topological polar surface area (TPSA) is 76.0 Å². The van der Waals surface area contributed by atoms with Crippen LogP contribution in [-0.2, 0) is 22.6 Å². The number of carbonyl (C=O) groups is 2. The van der Waals surface area contributed by atoms with Crippen molar-refractivity contribution in [3.05, 3.63) is 30.1 Å². The van der Waals surface area contributed by atoms with Crippen LogP contribution in [0.1, 0.15) is 46.4 Å². The minimum absolute atomic E-state index is 0.00290. The van der Waals surface area contributed by atoms with Crippen molar-refractivity contribution in [1.29, 1.82) is 0 Å². The molecule has 6 nitrogen and oxygen atoms in total. The van der Waals surface area contributed by atoms with Crippen molar-refractivity contribution in [3.8, 4) is 0 Å². The number of hydrogen-bond acceptors (Lipinski definition) is 3. The maximum absolute atomic E-state index is 12.4. The minimum Gasteiger partial charge on any atom is -0.356 e. The molecule has 2 rings (SSSR count). The van der Waals surface area contributed by atoms with Gasteiger partial charge < -0.3 is 15.2 Å². The van der Waals surface area contributed by atoms with Gasteiger partial charge in [-0.2, -0.15) is 0 Å². The van der Waals surface area contributed by atoms with E-state index in [2.05, 4.69) is 22.5 Å². The third-order valence-electron chi connectivity index (χ3n) is 4.46. The number of hydrogen-bond donors (Lipinski definition) is 2. The van der Waals surface area contributed by atoms with Gasteiger partial charge in [0.05, 0.1) is 11.0 Å². The fourth-order valence-corrected chi connectivity index (χ4v) is 2.72. The summed E-state index contributed by atoms with van der Waals surface area (Å²) < 4.78 is 1.98. The summed E-state index contributed by atoms with van der Waals surface area (Å²) in [7, 11) is 0. The van der Waals surface area contributed by atoms with Crippen LogP contribution in [0.4, 0.5) is 0 Å². The van der Waals surface area contributed by atoms with Gasteiger partial charge in [0, 0.05) is 24.9 Å². The largest absolute Gasteiger partial charge is 0.356 e. The highest BCUT2D eigenvalue weighted by Crippen LogP contribution is 2.17. The van der Waals surface area contributed by atoms with E-state index in [-0.39, 0.29) is 30.3 Å². The third-order valence-corrected chi connectivity index (χ3v) is 4.46. The smallest absolute Gasteiger partial charge is 0.240 e. The Balaban J connectivity index is 2.08. The molecular weight excluding hydrogens is 328 g/mol. The number of imidazole rings is 1. The molecule has 2 amide bonds. The van der Waals surface area contributed by atoms with Crippen molar-refractivity contribution in [2.75, 3.05) is 6.54 Å². The van der Waals surface area contributed by atoms with Crippen molar-refractivity contribution in [1.82, 2.24) is 20.2 Å². The number of rotatable bonds is 9. The number of fused-ring (bicyclic) bond motifs is 1. The van der Waals surface area contributed by atoms with Gasteiger partial charge in [0.2, 0.25) is 11.8 Å². The SMILES string of the molecule is CCC(C)NC(=O)Cn1c(CCCNC(=O)C(C)C)nc2ccccc21. The normalized spacial score (nSPS) is 12.3. The Labute approximate surface area is 155 Å². The molecular formula is C20H30N4O2. The van der Waals surface area contributed by atoms with E-state index in [0.717, 1.165) is 29.7 Å². The predicted molar refractivity (Wildman–Crippen MR) is 104 cm³/mol. The highest BCUT2D eigenvalue weighted by atomic mass is 16.2. The molecule has 26 heavy (non-hydrogen) atoms. The molecule has 0 aliphatic heterocycles. The van der Waals surface area contributed by atoms with Crippen molar-refractivity contribution in [2.24, 2.45) is 5.92 Å². The Morgan fingerprint density at radius 2 is 1.92 bits per heavy atom. The van der Waals surface area contributed by atoms with Gasteiger partial charge in [0.1, 0.15) is 12.4 Å². The lowest BCUT2D eigenvalue weighted by Gasteiger charge is -2.14. The molecule has 0 saturated carbocycles. The van der Waals surface area contributed by atoms with Crippen LogP contribution in [0, 0.1) is 5.92 Å². The standard InChI is InChI=1S/C20H30N4O2/c1-5-15(4)22-19(25)13-24-17-10-7-6-9-16(17)23-18(24)11-8-12-21-20(26)14(2)3/h6-7,9-10,14-15H,5,8,11-13H2,1-4H3,(H,21,26)(H,22,25). The Hall–Kier alpha value is -2.37. The van der Waals surface area contributed by atoms with Gasteiger partial charge in [-0.3, -0.25) is 9.59 Å². The van der Waals surface area contributed by atoms with Gasteiger partial charge >= 0.3 is 0 Å². The molecule has 0 saturated heterocycles. The first-order valence-corrected chi connectivity index (χ1v) is 9.43. The van der Waals surface area contributed by atoms with E-state index in [9.17, 15) is 9.59 Å². The molecule has 0 aliphatic carbocycles. The first-order chi connectivity index (χ1) is 12.4. The van der Waals surface area contributed by atoms with Crippen LogP contribution < -0.4 is 10.6 Å². The second-order valence-electron chi connectivity index (χ2n) is 7.03. The number of amides is 2. The van der Waals surface area contributed by atoms with Crippen LogP contribution in [0.15, 0.2) is 24.3 Å². The van der Waals surface area contributed by atoms with E-state index in [1.807, 2.05) is 49.6 Å². The summed E-state index contributed by atoms with van der Waals surface area (Å²) >= 11 is 0. The summed E-state index contributed by atoms with van der Waals surface area (Å²) in [6, 6.07) is 8.02. The Kier molecular flexibility index (Phi) is 7.18. The molecule has 0 bridgehead atoms. The van der Waals surface area contributed by atoms with Crippen molar-refractivity contribution < 1.29 is 9.59 Å². The molecule has 1 aromatic carbocycles. The van der Waals surface area contributed by atoms with E-state index in [1.54, 1.807) is 0 Å². The molecule has 1 atom stereocenters. The van der Waals surface area contributed by atoms with Crippen LogP contribution in [-0.4, -0.2) is 34.0 Å². The molecule has 0 radical (unpaired) electrons. The number of para-hydroxylation sites is 2. The molecule has 6 heteroatoms. The fraction of sp³-hybridized carbons (Fsp3) is 0.550. The summed E-state index contributed by atoms with van der Waals surface area (Å²) in [5.41, 5.74) is 1.86. The molecule has 2 aromatic rings. The van der Waals surface area contributed by atoms with Crippen molar-refractivity contribution in [3.63, 3.8) is 0 Å². The highest BCUT2D eigenvalue weighted by Gasteiger charge is 2.14. The van der Waals surface area contributed by atoms with Gasteiger partial charge in [0.25, 0.3) is 0 Å². The average Bonchev–Trinajstić information content (AvgIpc) is 2.95. The first-order valence-electron chi connectivity index (χ1n) is 9.43.